The summed E-state index contributed by atoms with van der Waals surface area (Å²) >= 11 is 1.71. The van der Waals surface area contributed by atoms with Crippen LogP contribution in [-0.2, 0) is 16.1 Å². The number of amides is 1. The van der Waals surface area contributed by atoms with Crippen LogP contribution in [0.5, 0.6) is 0 Å². The summed E-state index contributed by atoms with van der Waals surface area (Å²) in [5.74, 6) is -0.355. The first-order chi connectivity index (χ1) is 13.0. The monoisotopic (exact) mass is 389 g/mol. The zero-order valence-electron chi connectivity index (χ0n) is 15.5. The van der Waals surface area contributed by atoms with Crippen molar-refractivity contribution in [2.24, 2.45) is 0 Å². The standard InChI is InChI=1S/C20H24FN3O2S/c1-15-18(27-14-22-15)11-23-9-2-7-20(8-10-23)13-24(19(25)12-26-20)17-5-3-16(21)4-6-17/h3-6,14H,2,7-13H2,1H3. The molecule has 2 saturated heterocycles. The number of likely N-dealkylation sites (tertiary alicyclic amines) is 1. The Morgan fingerprint density at radius 1 is 1.26 bits per heavy atom. The number of anilines is 1. The highest BCUT2D eigenvalue weighted by Gasteiger charge is 2.41. The van der Waals surface area contributed by atoms with Crippen molar-refractivity contribution in [2.45, 2.75) is 38.3 Å². The fourth-order valence-electron chi connectivity index (χ4n) is 3.94. The van der Waals surface area contributed by atoms with Gasteiger partial charge in [-0.2, -0.15) is 0 Å². The maximum atomic E-state index is 13.2. The molecule has 2 aliphatic heterocycles. The van der Waals surface area contributed by atoms with E-state index in [1.165, 1.54) is 17.0 Å². The van der Waals surface area contributed by atoms with Gasteiger partial charge in [-0.15, -0.1) is 11.3 Å². The van der Waals surface area contributed by atoms with E-state index in [9.17, 15) is 9.18 Å². The van der Waals surface area contributed by atoms with Crippen LogP contribution >= 0.6 is 11.3 Å². The van der Waals surface area contributed by atoms with Crippen LogP contribution in [0.25, 0.3) is 0 Å². The Kier molecular flexibility index (Phi) is 5.25. The molecule has 4 rings (SSSR count). The van der Waals surface area contributed by atoms with Crippen molar-refractivity contribution in [3.8, 4) is 0 Å². The summed E-state index contributed by atoms with van der Waals surface area (Å²) in [5.41, 5.74) is 3.44. The number of morpholine rings is 1. The van der Waals surface area contributed by atoms with E-state index < -0.39 is 0 Å². The molecule has 144 valence electrons. The second-order valence-corrected chi connectivity index (χ2v) is 8.36. The normalized spacial score (nSPS) is 24.4. The molecule has 0 radical (unpaired) electrons. The first-order valence-corrected chi connectivity index (χ1v) is 10.2. The van der Waals surface area contributed by atoms with Crippen molar-refractivity contribution in [2.75, 3.05) is 31.1 Å². The summed E-state index contributed by atoms with van der Waals surface area (Å²) in [7, 11) is 0. The maximum absolute atomic E-state index is 13.2. The van der Waals surface area contributed by atoms with Gasteiger partial charge in [0.2, 0.25) is 0 Å². The van der Waals surface area contributed by atoms with Crippen LogP contribution < -0.4 is 4.90 Å². The number of halogens is 1. The van der Waals surface area contributed by atoms with Gasteiger partial charge in [0.05, 0.1) is 23.4 Å². The number of aryl methyl sites for hydroxylation is 1. The number of ether oxygens (including phenoxy) is 1. The van der Waals surface area contributed by atoms with Gasteiger partial charge < -0.3 is 9.64 Å². The van der Waals surface area contributed by atoms with Crippen molar-refractivity contribution < 1.29 is 13.9 Å². The minimum atomic E-state index is -0.320. The van der Waals surface area contributed by atoms with Crippen LogP contribution in [0.3, 0.4) is 0 Å². The molecule has 27 heavy (non-hydrogen) atoms. The number of hydrogen-bond acceptors (Lipinski definition) is 5. The Morgan fingerprint density at radius 3 is 2.81 bits per heavy atom. The predicted molar refractivity (Wildman–Crippen MR) is 103 cm³/mol. The Balaban J connectivity index is 1.45. The lowest BCUT2D eigenvalue weighted by Crippen LogP contribution is -2.55. The molecule has 2 aromatic rings. The van der Waals surface area contributed by atoms with Crippen molar-refractivity contribution in [3.63, 3.8) is 0 Å². The van der Waals surface area contributed by atoms with Gasteiger partial charge in [-0.3, -0.25) is 9.69 Å². The molecular weight excluding hydrogens is 365 g/mol. The first-order valence-electron chi connectivity index (χ1n) is 9.36. The molecule has 2 fully saturated rings. The number of hydrogen-bond donors (Lipinski definition) is 0. The van der Waals surface area contributed by atoms with Crippen molar-refractivity contribution in [3.05, 3.63) is 46.2 Å². The van der Waals surface area contributed by atoms with E-state index in [-0.39, 0.29) is 23.9 Å². The minimum absolute atomic E-state index is 0.0615. The summed E-state index contributed by atoms with van der Waals surface area (Å²) < 4.78 is 19.3. The third kappa shape index (κ3) is 4.05. The number of carbonyl (C=O) groups excluding carboxylic acids is 1. The highest BCUT2D eigenvalue weighted by Crippen LogP contribution is 2.33. The molecule has 0 aliphatic carbocycles. The minimum Gasteiger partial charge on any atom is -0.363 e. The third-order valence-corrected chi connectivity index (χ3v) is 6.51. The van der Waals surface area contributed by atoms with E-state index in [2.05, 4.69) is 16.8 Å². The highest BCUT2D eigenvalue weighted by atomic mass is 32.1. The molecule has 2 aliphatic rings. The fraction of sp³-hybridized carbons (Fsp3) is 0.500. The van der Waals surface area contributed by atoms with Gasteiger partial charge >= 0.3 is 0 Å². The number of thiazole rings is 1. The predicted octanol–water partition coefficient (Wildman–Crippen LogP) is 3.38. The molecule has 5 nitrogen and oxygen atoms in total. The van der Waals surface area contributed by atoms with E-state index >= 15 is 0 Å². The van der Waals surface area contributed by atoms with Crippen molar-refractivity contribution in [1.82, 2.24) is 9.88 Å². The molecule has 0 saturated carbocycles. The summed E-state index contributed by atoms with van der Waals surface area (Å²) in [6.07, 6.45) is 2.84. The third-order valence-electron chi connectivity index (χ3n) is 5.59. The van der Waals surface area contributed by atoms with Crippen LogP contribution in [0.2, 0.25) is 0 Å². The van der Waals surface area contributed by atoms with Crippen LogP contribution in [0.1, 0.15) is 29.8 Å². The molecule has 7 heteroatoms. The van der Waals surface area contributed by atoms with Gasteiger partial charge in [0.1, 0.15) is 12.4 Å². The van der Waals surface area contributed by atoms with Gasteiger partial charge in [-0.1, -0.05) is 0 Å². The second kappa shape index (κ2) is 7.66. The summed E-state index contributed by atoms with van der Waals surface area (Å²) in [4.78, 5) is 22.3. The molecule has 1 atom stereocenters. The van der Waals surface area contributed by atoms with E-state index in [1.807, 2.05) is 5.51 Å². The average molecular weight is 389 g/mol. The second-order valence-electron chi connectivity index (χ2n) is 7.42. The lowest BCUT2D eigenvalue weighted by molar-refractivity contribution is -0.140. The number of aromatic nitrogens is 1. The summed E-state index contributed by atoms with van der Waals surface area (Å²) in [6.45, 7) is 5.56. The zero-order valence-corrected chi connectivity index (χ0v) is 16.3. The van der Waals surface area contributed by atoms with Crippen LogP contribution in [0.4, 0.5) is 10.1 Å². The molecule has 1 unspecified atom stereocenters. The molecule has 1 amide bonds. The van der Waals surface area contributed by atoms with E-state index in [1.54, 1.807) is 28.4 Å². The maximum Gasteiger partial charge on any atom is 0.253 e. The Labute approximate surface area is 162 Å². The summed E-state index contributed by atoms with van der Waals surface area (Å²) in [5, 5.41) is 0. The largest absolute Gasteiger partial charge is 0.363 e. The lowest BCUT2D eigenvalue weighted by atomic mass is 9.92. The van der Waals surface area contributed by atoms with Gasteiger partial charge in [0, 0.05) is 23.7 Å². The SMILES string of the molecule is Cc1ncsc1CN1CCCC2(CC1)CN(c1ccc(F)cc1)C(=O)CO2. The van der Waals surface area contributed by atoms with E-state index in [0.29, 0.717) is 6.54 Å². The number of carbonyl (C=O) groups is 1. The number of rotatable bonds is 3. The zero-order chi connectivity index (χ0) is 18.9. The van der Waals surface area contributed by atoms with Crippen LogP contribution in [0.15, 0.2) is 29.8 Å². The van der Waals surface area contributed by atoms with Gasteiger partial charge in [0.15, 0.2) is 0 Å². The van der Waals surface area contributed by atoms with Gasteiger partial charge in [-0.05, 0) is 57.0 Å². The van der Waals surface area contributed by atoms with Gasteiger partial charge in [-0.25, -0.2) is 9.37 Å². The number of nitrogens with zero attached hydrogens (tertiary/aromatic N) is 3. The van der Waals surface area contributed by atoms with Crippen LogP contribution in [0, 0.1) is 12.7 Å². The van der Waals surface area contributed by atoms with Crippen molar-refractivity contribution >= 4 is 22.9 Å². The van der Waals surface area contributed by atoms with Crippen molar-refractivity contribution in [1.29, 1.82) is 0 Å². The quantitative estimate of drug-likeness (QED) is 0.807. The molecule has 1 aromatic heterocycles. The van der Waals surface area contributed by atoms with Gasteiger partial charge in [0.25, 0.3) is 5.91 Å². The topological polar surface area (TPSA) is 45.7 Å². The number of benzene rings is 1. The molecule has 0 bridgehead atoms. The summed E-state index contributed by atoms with van der Waals surface area (Å²) in [6, 6.07) is 6.14. The average Bonchev–Trinajstić information content (AvgIpc) is 2.96. The van der Waals surface area contributed by atoms with E-state index in [0.717, 1.165) is 50.3 Å². The molecule has 1 aromatic carbocycles. The van der Waals surface area contributed by atoms with E-state index in [4.69, 9.17) is 4.74 Å². The Morgan fingerprint density at radius 2 is 2.07 bits per heavy atom. The van der Waals surface area contributed by atoms with Crippen LogP contribution in [-0.4, -0.2) is 47.6 Å². The first kappa shape index (κ1) is 18.5. The molecule has 3 heterocycles. The fourth-order valence-corrected chi connectivity index (χ4v) is 4.75. The highest BCUT2D eigenvalue weighted by molar-refractivity contribution is 7.09. The molecular formula is C20H24FN3O2S. The Hall–Kier alpha value is -1.83. The smallest absolute Gasteiger partial charge is 0.253 e. The lowest BCUT2D eigenvalue weighted by Gasteiger charge is -2.42. The molecule has 1 spiro atoms. The molecule has 0 N–H and O–H groups in total. The Bertz CT molecular complexity index is 810.